The topological polar surface area (TPSA) is 59.2 Å². The first-order valence-corrected chi connectivity index (χ1v) is 7.15. The zero-order chi connectivity index (χ0) is 14.1. The third-order valence-electron chi connectivity index (χ3n) is 3.81. The number of hydrogen-bond donors (Lipinski definition) is 1. The molecule has 20 heavy (non-hydrogen) atoms. The molecule has 1 saturated heterocycles. The van der Waals surface area contributed by atoms with Crippen LogP contribution in [0.5, 0.6) is 0 Å². The molecule has 104 valence electrons. The smallest absolute Gasteiger partial charge is 0.240 e. The average molecular weight is 290 g/mol. The molecule has 4 nitrogen and oxygen atoms in total. The Morgan fingerprint density at radius 2 is 2.20 bits per heavy atom. The number of hydrogen-bond acceptors (Lipinski definition) is 3. The fourth-order valence-electron chi connectivity index (χ4n) is 2.84. The maximum absolute atomic E-state index is 11.7. The minimum absolute atomic E-state index is 0.266. The Labute approximate surface area is 122 Å². The molecule has 2 aromatic rings. The number of nitrogens with zero attached hydrogens (tertiary/aromatic N) is 2. The molecule has 2 heterocycles. The van der Waals surface area contributed by atoms with Crippen molar-refractivity contribution in [1.82, 2.24) is 4.98 Å². The second-order valence-corrected chi connectivity index (χ2v) is 5.54. The number of halogens is 1. The van der Waals surface area contributed by atoms with E-state index in [1.807, 2.05) is 29.2 Å². The minimum Gasteiger partial charge on any atom is -0.368 e. The maximum atomic E-state index is 11.7. The van der Waals surface area contributed by atoms with Crippen LogP contribution in [0.1, 0.15) is 19.3 Å². The van der Waals surface area contributed by atoms with Crippen LogP contribution in [-0.2, 0) is 4.79 Å². The number of amides is 1. The quantitative estimate of drug-likeness (QED) is 0.925. The molecule has 1 unspecified atom stereocenters. The first-order chi connectivity index (χ1) is 9.66. The van der Waals surface area contributed by atoms with Crippen LogP contribution in [0.4, 0.5) is 5.82 Å². The highest BCUT2D eigenvalue weighted by Crippen LogP contribution is 2.30. The zero-order valence-corrected chi connectivity index (χ0v) is 11.8. The second-order valence-electron chi connectivity index (χ2n) is 5.11. The lowest BCUT2D eigenvalue weighted by Gasteiger charge is -2.35. The molecule has 0 saturated carbocycles. The van der Waals surface area contributed by atoms with Crippen LogP contribution in [0, 0.1) is 0 Å². The molecule has 1 fully saturated rings. The molecule has 1 aliphatic rings. The lowest BCUT2D eigenvalue weighted by molar-refractivity contribution is -0.119. The van der Waals surface area contributed by atoms with E-state index in [2.05, 4.69) is 4.98 Å². The number of carbonyl (C=O) groups excluding carboxylic acids is 1. The van der Waals surface area contributed by atoms with Gasteiger partial charge in [-0.15, -0.1) is 0 Å². The summed E-state index contributed by atoms with van der Waals surface area (Å²) < 4.78 is 0. The Morgan fingerprint density at radius 1 is 1.35 bits per heavy atom. The minimum atomic E-state index is -0.280. The number of aromatic nitrogens is 1. The number of benzene rings is 1. The van der Waals surface area contributed by atoms with E-state index in [0.717, 1.165) is 42.4 Å². The van der Waals surface area contributed by atoms with E-state index >= 15 is 0 Å². The predicted molar refractivity (Wildman–Crippen MR) is 80.9 cm³/mol. The summed E-state index contributed by atoms with van der Waals surface area (Å²) in [5.41, 5.74) is 5.53. The molecular weight excluding hydrogens is 274 g/mol. The van der Waals surface area contributed by atoms with Crippen molar-refractivity contribution in [2.75, 3.05) is 11.4 Å². The van der Waals surface area contributed by atoms with Gasteiger partial charge in [-0.1, -0.05) is 11.6 Å². The lowest BCUT2D eigenvalue weighted by atomic mass is 10.0. The number of primary amides is 1. The monoisotopic (exact) mass is 289 g/mol. The summed E-state index contributed by atoms with van der Waals surface area (Å²) in [6.45, 7) is 0.808. The van der Waals surface area contributed by atoms with E-state index in [9.17, 15) is 4.79 Å². The largest absolute Gasteiger partial charge is 0.368 e. The van der Waals surface area contributed by atoms with Gasteiger partial charge in [-0.05, 0) is 48.9 Å². The standard InChI is InChI=1S/C15H16ClN3O/c16-11-4-5-12-10(9-11)6-7-18-15(12)19-8-2-1-3-13(19)14(17)20/h4-7,9,13H,1-3,8H2,(H2,17,20). The van der Waals surface area contributed by atoms with Crippen molar-refractivity contribution in [3.05, 3.63) is 35.5 Å². The number of nitrogens with two attached hydrogens (primary N) is 1. The molecule has 0 bridgehead atoms. The van der Waals surface area contributed by atoms with Gasteiger partial charge in [0.25, 0.3) is 0 Å². The molecule has 0 aliphatic carbocycles. The number of anilines is 1. The molecule has 2 N–H and O–H groups in total. The molecule has 1 amide bonds. The Balaban J connectivity index is 2.10. The van der Waals surface area contributed by atoms with Gasteiger partial charge in [0.05, 0.1) is 0 Å². The summed E-state index contributed by atoms with van der Waals surface area (Å²) in [6, 6.07) is 7.36. The van der Waals surface area contributed by atoms with Crippen LogP contribution in [-0.4, -0.2) is 23.5 Å². The highest BCUT2D eigenvalue weighted by Gasteiger charge is 2.28. The number of rotatable bonds is 2. The van der Waals surface area contributed by atoms with Crippen LogP contribution in [0.25, 0.3) is 10.8 Å². The van der Waals surface area contributed by atoms with Gasteiger partial charge in [-0.3, -0.25) is 4.79 Å². The predicted octanol–water partition coefficient (Wildman–Crippen LogP) is 2.73. The fraction of sp³-hybridized carbons (Fsp3) is 0.333. The summed E-state index contributed by atoms with van der Waals surface area (Å²) in [7, 11) is 0. The van der Waals surface area contributed by atoms with Gasteiger partial charge in [-0.25, -0.2) is 4.98 Å². The molecule has 0 radical (unpaired) electrons. The Kier molecular flexibility index (Phi) is 3.49. The van der Waals surface area contributed by atoms with E-state index < -0.39 is 0 Å². The SMILES string of the molecule is NC(=O)C1CCCCN1c1nccc2cc(Cl)ccc12. The van der Waals surface area contributed by atoms with Gasteiger partial charge < -0.3 is 10.6 Å². The summed E-state index contributed by atoms with van der Waals surface area (Å²) in [4.78, 5) is 18.2. The first-order valence-electron chi connectivity index (χ1n) is 6.77. The van der Waals surface area contributed by atoms with Crippen LogP contribution in [0.15, 0.2) is 30.5 Å². The highest BCUT2D eigenvalue weighted by atomic mass is 35.5. The van der Waals surface area contributed by atoms with Gasteiger partial charge in [0.15, 0.2) is 0 Å². The summed E-state index contributed by atoms with van der Waals surface area (Å²) in [6.07, 6.45) is 4.62. The number of pyridine rings is 1. The van der Waals surface area contributed by atoms with Crippen LogP contribution in [0.2, 0.25) is 5.02 Å². The van der Waals surface area contributed by atoms with Gasteiger partial charge in [0.2, 0.25) is 5.91 Å². The molecule has 3 rings (SSSR count). The lowest BCUT2D eigenvalue weighted by Crippen LogP contribution is -2.48. The van der Waals surface area contributed by atoms with E-state index in [0.29, 0.717) is 5.02 Å². The van der Waals surface area contributed by atoms with Gasteiger partial charge in [-0.2, -0.15) is 0 Å². The Bertz CT molecular complexity index is 659. The maximum Gasteiger partial charge on any atom is 0.240 e. The Morgan fingerprint density at radius 3 is 3.00 bits per heavy atom. The summed E-state index contributed by atoms with van der Waals surface area (Å²) >= 11 is 6.03. The fourth-order valence-corrected chi connectivity index (χ4v) is 3.02. The van der Waals surface area contributed by atoms with Crippen molar-refractivity contribution in [3.8, 4) is 0 Å². The van der Waals surface area contributed by atoms with Crippen LogP contribution >= 0.6 is 11.6 Å². The summed E-state index contributed by atoms with van der Waals surface area (Å²) in [5.74, 6) is 0.542. The molecular formula is C15H16ClN3O. The van der Waals surface area contributed by atoms with Crippen LogP contribution < -0.4 is 10.6 Å². The number of piperidine rings is 1. The summed E-state index contributed by atoms with van der Waals surface area (Å²) in [5, 5.41) is 2.72. The van der Waals surface area contributed by atoms with Crippen molar-refractivity contribution in [1.29, 1.82) is 0 Å². The van der Waals surface area contributed by atoms with E-state index in [-0.39, 0.29) is 11.9 Å². The van der Waals surface area contributed by atoms with Crippen molar-refractivity contribution in [2.45, 2.75) is 25.3 Å². The van der Waals surface area contributed by atoms with E-state index in [4.69, 9.17) is 17.3 Å². The van der Waals surface area contributed by atoms with E-state index in [1.165, 1.54) is 0 Å². The first kappa shape index (κ1) is 13.2. The van der Waals surface area contributed by atoms with Crippen LogP contribution in [0.3, 0.4) is 0 Å². The van der Waals surface area contributed by atoms with Gasteiger partial charge in [0, 0.05) is 23.2 Å². The van der Waals surface area contributed by atoms with Gasteiger partial charge >= 0.3 is 0 Å². The molecule has 1 aromatic heterocycles. The average Bonchev–Trinajstić information content (AvgIpc) is 2.46. The molecule has 1 aromatic carbocycles. The highest BCUT2D eigenvalue weighted by molar-refractivity contribution is 6.31. The van der Waals surface area contributed by atoms with Crippen molar-refractivity contribution in [3.63, 3.8) is 0 Å². The van der Waals surface area contributed by atoms with Crippen molar-refractivity contribution < 1.29 is 4.79 Å². The second kappa shape index (κ2) is 5.29. The number of carbonyl (C=O) groups is 1. The van der Waals surface area contributed by atoms with Crippen molar-refractivity contribution >= 4 is 34.1 Å². The normalized spacial score (nSPS) is 19.2. The van der Waals surface area contributed by atoms with Crippen molar-refractivity contribution in [2.24, 2.45) is 5.73 Å². The van der Waals surface area contributed by atoms with Gasteiger partial charge in [0.1, 0.15) is 11.9 Å². The molecule has 0 spiro atoms. The zero-order valence-electron chi connectivity index (χ0n) is 11.1. The number of fused-ring (bicyclic) bond motifs is 1. The molecule has 1 atom stereocenters. The molecule has 1 aliphatic heterocycles. The third kappa shape index (κ3) is 2.31. The Hall–Kier alpha value is -1.81. The molecule has 5 heteroatoms. The third-order valence-corrected chi connectivity index (χ3v) is 4.04. The van der Waals surface area contributed by atoms with E-state index in [1.54, 1.807) is 6.20 Å².